The smallest absolute Gasteiger partial charge is 0.133 e. The van der Waals surface area contributed by atoms with Crippen LogP contribution in [0.3, 0.4) is 0 Å². The first-order valence-electron chi connectivity index (χ1n) is 3.06. The van der Waals surface area contributed by atoms with Gasteiger partial charge in [-0.05, 0) is 17.7 Å². The van der Waals surface area contributed by atoms with E-state index in [0.717, 1.165) is 0 Å². The Labute approximate surface area is 68.1 Å². The third kappa shape index (κ3) is 1.45. The lowest BCUT2D eigenvalue weighted by Crippen LogP contribution is -1.73. The molecule has 0 spiro atoms. The molecule has 5 heteroatoms. The molecule has 0 aliphatic heterocycles. The number of hydrogen-bond acceptors (Lipinski definition) is 3. The van der Waals surface area contributed by atoms with Gasteiger partial charge in [0.2, 0.25) is 0 Å². The molecule has 1 aromatic carbocycles. The lowest BCUT2D eigenvalue weighted by Gasteiger charge is -1.95. The molecule has 0 unspecified atom stereocenters. The zero-order valence-electron chi connectivity index (χ0n) is 5.97. The summed E-state index contributed by atoms with van der Waals surface area (Å²) in [7, 11) is 0. The molecule has 0 amide bonds. The van der Waals surface area contributed by atoms with Gasteiger partial charge in [-0.2, -0.15) is 5.26 Å². The highest BCUT2D eigenvalue weighted by Crippen LogP contribution is 2.22. The Morgan fingerprint density at radius 3 is 2.83 bits per heavy atom. The van der Waals surface area contributed by atoms with Gasteiger partial charge >= 0.3 is 0 Å². The lowest BCUT2D eigenvalue weighted by molar-refractivity contribution is 0.474. The van der Waals surface area contributed by atoms with E-state index in [1.54, 1.807) is 6.07 Å². The van der Waals surface area contributed by atoms with E-state index in [0.29, 0.717) is 0 Å². The van der Waals surface area contributed by atoms with Gasteiger partial charge in [0.1, 0.15) is 11.8 Å². The monoisotopic (exact) mass is 160 g/mol. The quantitative estimate of drug-likeness (QED) is 0.387. The summed E-state index contributed by atoms with van der Waals surface area (Å²) in [5, 5.41) is 20.8. The molecule has 0 fully saturated rings. The Morgan fingerprint density at radius 1 is 1.58 bits per heavy atom. The minimum Gasteiger partial charge on any atom is -0.507 e. The number of azide groups is 1. The molecule has 1 rings (SSSR count). The fourth-order valence-electron chi connectivity index (χ4n) is 0.728. The molecule has 58 valence electrons. The summed E-state index contributed by atoms with van der Waals surface area (Å²) in [5.74, 6) is -0.178. The second-order valence-electron chi connectivity index (χ2n) is 2.00. The highest BCUT2D eigenvalue weighted by molar-refractivity contribution is 5.51. The first-order chi connectivity index (χ1) is 5.77. The predicted molar refractivity (Wildman–Crippen MR) is 41.6 cm³/mol. The summed E-state index contributed by atoms with van der Waals surface area (Å²) in [6.45, 7) is 0. The number of aromatic hydroxyl groups is 1. The predicted octanol–water partition coefficient (Wildman–Crippen LogP) is 2.21. The molecule has 0 aliphatic carbocycles. The number of nitriles is 1. The molecule has 0 heterocycles. The minimum atomic E-state index is -0.178. The third-order valence-corrected chi connectivity index (χ3v) is 1.26. The molecule has 0 aliphatic rings. The fraction of sp³-hybridized carbons (Fsp3) is 0. The molecule has 0 aromatic heterocycles. The van der Waals surface area contributed by atoms with Crippen molar-refractivity contribution in [1.29, 1.82) is 5.26 Å². The molecule has 0 saturated heterocycles. The van der Waals surface area contributed by atoms with E-state index in [9.17, 15) is 0 Å². The Balaban J connectivity index is 3.20. The second-order valence-corrected chi connectivity index (χ2v) is 2.00. The first kappa shape index (κ1) is 7.92. The SMILES string of the molecule is N#Cc1ccc(N=[N+]=[N-])cc1O. The van der Waals surface area contributed by atoms with Gasteiger partial charge < -0.3 is 5.11 Å². The summed E-state index contributed by atoms with van der Waals surface area (Å²) in [4.78, 5) is 2.53. The van der Waals surface area contributed by atoms with Gasteiger partial charge in [0.15, 0.2) is 0 Å². The molecule has 0 bridgehead atoms. The van der Waals surface area contributed by atoms with Crippen LogP contribution in [0.25, 0.3) is 10.4 Å². The van der Waals surface area contributed by atoms with Crippen molar-refractivity contribution in [3.8, 4) is 11.8 Å². The number of benzene rings is 1. The molecule has 12 heavy (non-hydrogen) atoms. The Bertz CT molecular complexity index is 387. The van der Waals surface area contributed by atoms with Crippen molar-refractivity contribution in [2.45, 2.75) is 0 Å². The third-order valence-electron chi connectivity index (χ3n) is 1.26. The van der Waals surface area contributed by atoms with Crippen LogP contribution in [-0.2, 0) is 0 Å². The van der Waals surface area contributed by atoms with Crippen molar-refractivity contribution in [2.24, 2.45) is 5.11 Å². The summed E-state index contributed by atoms with van der Waals surface area (Å²) < 4.78 is 0. The van der Waals surface area contributed by atoms with Gasteiger partial charge in [-0.15, -0.1) is 0 Å². The number of phenols is 1. The van der Waals surface area contributed by atoms with Crippen LogP contribution in [0.4, 0.5) is 5.69 Å². The van der Waals surface area contributed by atoms with Crippen LogP contribution in [0.15, 0.2) is 23.3 Å². The van der Waals surface area contributed by atoms with Crippen LogP contribution < -0.4 is 0 Å². The van der Waals surface area contributed by atoms with Gasteiger partial charge in [-0.25, -0.2) is 0 Å². The van der Waals surface area contributed by atoms with Gasteiger partial charge in [0, 0.05) is 10.6 Å². The maximum atomic E-state index is 9.11. The average Bonchev–Trinajstić information content (AvgIpc) is 2.05. The zero-order chi connectivity index (χ0) is 8.97. The minimum absolute atomic E-state index is 0.159. The van der Waals surface area contributed by atoms with Gasteiger partial charge in [-0.3, -0.25) is 0 Å². The highest BCUT2D eigenvalue weighted by Gasteiger charge is 1.98. The maximum absolute atomic E-state index is 9.11. The highest BCUT2D eigenvalue weighted by atomic mass is 16.3. The van der Waals surface area contributed by atoms with E-state index >= 15 is 0 Å². The van der Waals surface area contributed by atoms with E-state index in [1.807, 2.05) is 0 Å². The number of phenolic OH excluding ortho intramolecular Hbond substituents is 1. The fourth-order valence-corrected chi connectivity index (χ4v) is 0.728. The Hall–Kier alpha value is -2.18. The lowest BCUT2D eigenvalue weighted by atomic mass is 10.2. The van der Waals surface area contributed by atoms with Crippen molar-refractivity contribution >= 4 is 5.69 Å². The van der Waals surface area contributed by atoms with Crippen LogP contribution in [0.5, 0.6) is 5.75 Å². The molecular formula is C7H4N4O. The number of rotatable bonds is 1. The van der Waals surface area contributed by atoms with Crippen molar-refractivity contribution in [3.05, 3.63) is 34.2 Å². The van der Waals surface area contributed by atoms with Crippen LogP contribution in [0, 0.1) is 11.3 Å². The molecule has 1 aromatic rings. The van der Waals surface area contributed by atoms with E-state index in [1.165, 1.54) is 18.2 Å². The standard InChI is InChI=1S/C7H4N4O/c8-4-5-1-2-6(10-11-9)3-7(5)12/h1-3,12H. The van der Waals surface area contributed by atoms with Crippen LogP contribution in [-0.4, -0.2) is 5.11 Å². The molecular weight excluding hydrogens is 156 g/mol. The van der Waals surface area contributed by atoms with Gasteiger partial charge in [-0.1, -0.05) is 11.2 Å². The zero-order valence-corrected chi connectivity index (χ0v) is 5.97. The molecule has 0 atom stereocenters. The second kappa shape index (κ2) is 3.28. The van der Waals surface area contributed by atoms with Gasteiger partial charge in [0.25, 0.3) is 0 Å². The Kier molecular flexibility index (Phi) is 2.17. The van der Waals surface area contributed by atoms with E-state index < -0.39 is 0 Å². The average molecular weight is 160 g/mol. The van der Waals surface area contributed by atoms with Crippen molar-refractivity contribution in [1.82, 2.24) is 0 Å². The van der Waals surface area contributed by atoms with E-state index in [-0.39, 0.29) is 17.0 Å². The number of nitrogens with zero attached hydrogens (tertiary/aromatic N) is 4. The summed E-state index contributed by atoms with van der Waals surface area (Å²) in [6.07, 6.45) is 0. The van der Waals surface area contributed by atoms with E-state index in [2.05, 4.69) is 10.0 Å². The molecule has 0 radical (unpaired) electrons. The van der Waals surface area contributed by atoms with Crippen molar-refractivity contribution < 1.29 is 5.11 Å². The summed E-state index contributed by atoms with van der Waals surface area (Å²) in [5.41, 5.74) is 8.49. The maximum Gasteiger partial charge on any atom is 0.133 e. The largest absolute Gasteiger partial charge is 0.507 e. The molecule has 5 nitrogen and oxygen atoms in total. The van der Waals surface area contributed by atoms with Gasteiger partial charge in [0.05, 0.1) is 5.56 Å². The van der Waals surface area contributed by atoms with E-state index in [4.69, 9.17) is 15.9 Å². The van der Waals surface area contributed by atoms with Crippen molar-refractivity contribution in [3.63, 3.8) is 0 Å². The van der Waals surface area contributed by atoms with Crippen LogP contribution >= 0.6 is 0 Å². The van der Waals surface area contributed by atoms with Crippen LogP contribution in [0.2, 0.25) is 0 Å². The normalized spacial score (nSPS) is 8.25. The number of hydrogen-bond donors (Lipinski definition) is 1. The van der Waals surface area contributed by atoms with Crippen LogP contribution in [0.1, 0.15) is 5.56 Å². The Morgan fingerprint density at radius 2 is 2.33 bits per heavy atom. The topological polar surface area (TPSA) is 92.8 Å². The summed E-state index contributed by atoms with van der Waals surface area (Å²) >= 11 is 0. The summed E-state index contributed by atoms with van der Waals surface area (Å²) in [6, 6.07) is 5.86. The molecule has 0 saturated carbocycles. The molecule has 1 N–H and O–H groups in total. The first-order valence-corrected chi connectivity index (χ1v) is 3.06. The van der Waals surface area contributed by atoms with Crippen molar-refractivity contribution in [2.75, 3.05) is 0 Å².